The Balaban J connectivity index is 1.28. The van der Waals surface area contributed by atoms with Crippen molar-refractivity contribution in [3.63, 3.8) is 0 Å². The van der Waals surface area contributed by atoms with Crippen molar-refractivity contribution in [3.05, 3.63) is 36.2 Å². The van der Waals surface area contributed by atoms with E-state index in [1.54, 1.807) is 4.90 Å². The topological polar surface area (TPSA) is 95.0 Å². The van der Waals surface area contributed by atoms with Crippen LogP contribution >= 0.6 is 0 Å². The standard InChI is InChI=1S/C22H27N5O4/c1-22(2,3)30-21(28)26-8-6-14(7-9-26)18-24-20(31-25-18)15-4-5-17-10-23-19(27(17)11-15)16-12-29-13-16/h4-5,10-11,14,16H,6-9,12-13H2,1-3H3. The Morgan fingerprint density at radius 2 is 1.94 bits per heavy atom. The van der Waals surface area contributed by atoms with E-state index in [0.29, 0.717) is 43.9 Å². The van der Waals surface area contributed by atoms with Crippen molar-refractivity contribution < 1.29 is 18.8 Å². The van der Waals surface area contributed by atoms with E-state index in [-0.39, 0.29) is 12.0 Å². The summed E-state index contributed by atoms with van der Waals surface area (Å²) >= 11 is 0. The van der Waals surface area contributed by atoms with Crippen LogP contribution in [0.1, 0.15) is 57.1 Å². The summed E-state index contributed by atoms with van der Waals surface area (Å²) in [7, 11) is 0. The largest absolute Gasteiger partial charge is 0.444 e. The Labute approximate surface area is 180 Å². The maximum absolute atomic E-state index is 12.3. The number of rotatable bonds is 3. The van der Waals surface area contributed by atoms with Gasteiger partial charge in [-0.05, 0) is 45.7 Å². The Kier molecular flexibility index (Phi) is 4.92. The number of aromatic nitrogens is 4. The number of ether oxygens (including phenoxy) is 2. The molecule has 5 rings (SSSR count). The molecule has 9 nitrogen and oxygen atoms in total. The van der Waals surface area contributed by atoms with E-state index in [4.69, 9.17) is 14.0 Å². The Morgan fingerprint density at radius 1 is 1.16 bits per heavy atom. The summed E-state index contributed by atoms with van der Waals surface area (Å²) in [4.78, 5) is 23.2. The summed E-state index contributed by atoms with van der Waals surface area (Å²) in [6.45, 7) is 8.29. The zero-order chi connectivity index (χ0) is 21.6. The predicted octanol–water partition coefficient (Wildman–Crippen LogP) is 3.61. The number of imidazole rings is 1. The van der Waals surface area contributed by atoms with Gasteiger partial charge >= 0.3 is 6.09 Å². The van der Waals surface area contributed by atoms with Crippen molar-refractivity contribution in [1.29, 1.82) is 0 Å². The molecular formula is C22H27N5O4. The van der Waals surface area contributed by atoms with Crippen molar-refractivity contribution in [2.45, 2.75) is 51.0 Å². The second-order valence-corrected chi connectivity index (χ2v) is 9.26. The first kappa shape index (κ1) is 20.0. The zero-order valence-corrected chi connectivity index (χ0v) is 18.1. The molecule has 0 N–H and O–H groups in total. The summed E-state index contributed by atoms with van der Waals surface area (Å²) < 4.78 is 18.4. The SMILES string of the molecule is CC(C)(C)OC(=O)N1CCC(c2noc(-c3ccc4cnc(C5COC5)n4c3)n2)CC1. The molecule has 2 aliphatic rings. The highest BCUT2D eigenvalue weighted by Crippen LogP contribution is 2.30. The molecule has 0 aliphatic carbocycles. The van der Waals surface area contributed by atoms with Gasteiger partial charge in [0.1, 0.15) is 11.4 Å². The Bertz CT molecular complexity index is 1090. The smallest absolute Gasteiger partial charge is 0.410 e. The van der Waals surface area contributed by atoms with Crippen LogP contribution in [0.25, 0.3) is 17.0 Å². The highest BCUT2D eigenvalue weighted by Gasteiger charge is 2.30. The van der Waals surface area contributed by atoms with Crippen molar-refractivity contribution in [2.75, 3.05) is 26.3 Å². The number of fused-ring (bicyclic) bond motifs is 1. The molecule has 0 saturated carbocycles. The molecule has 2 fully saturated rings. The Morgan fingerprint density at radius 3 is 2.61 bits per heavy atom. The van der Waals surface area contributed by atoms with Crippen LogP contribution in [-0.2, 0) is 9.47 Å². The molecule has 0 bridgehead atoms. The van der Waals surface area contributed by atoms with E-state index < -0.39 is 5.60 Å². The van der Waals surface area contributed by atoms with Crippen molar-refractivity contribution in [2.24, 2.45) is 0 Å². The number of nitrogens with zero attached hydrogens (tertiary/aromatic N) is 5. The summed E-state index contributed by atoms with van der Waals surface area (Å²) in [5, 5.41) is 4.23. The van der Waals surface area contributed by atoms with Crippen LogP contribution in [0.5, 0.6) is 0 Å². The fraction of sp³-hybridized carbons (Fsp3) is 0.545. The molecule has 164 valence electrons. The van der Waals surface area contributed by atoms with E-state index >= 15 is 0 Å². The van der Waals surface area contributed by atoms with Gasteiger partial charge in [-0.25, -0.2) is 9.78 Å². The zero-order valence-electron chi connectivity index (χ0n) is 18.1. The van der Waals surface area contributed by atoms with Gasteiger partial charge in [0.05, 0.1) is 36.4 Å². The number of hydrogen-bond acceptors (Lipinski definition) is 7. The molecule has 1 amide bonds. The number of hydrogen-bond donors (Lipinski definition) is 0. The normalized spacial score (nSPS) is 18.4. The third-order valence-corrected chi connectivity index (χ3v) is 5.76. The minimum atomic E-state index is -0.488. The van der Waals surface area contributed by atoms with Crippen LogP contribution < -0.4 is 0 Å². The van der Waals surface area contributed by atoms with Gasteiger partial charge in [0.25, 0.3) is 5.89 Å². The van der Waals surface area contributed by atoms with Crippen LogP contribution in [0.3, 0.4) is 0 Å². The average Bonchev–Trinajstić information content (AvgIpc) is 3.33. The third kappa shape index (κ3) is 4.01. The van der Waals surface area contributed by atoms with E-state index in [2.05, 4.69) is 19.5 Å². The van der Waals surface area contributed by atoms with Crippen LogP contribution in [0.15, 0.2) is 29.0 Å². The van der Waals surface area contributed by atoms with Gasteiger partial charge in [-0.15, -0.1) is 0 Å². The predicted molar refractivity (Wildman–Crippen MR) is 112 cm³/mol. The number of likely N-dealkylation sites (tertiary alicyclic amines) is 1. The van der Waals surface area contributed by atoms with E-state index in [1.165, 1.54) is 0 Å². The summed E-state index contributed by atoms with van der Waals surface area (Å²) in [6, 6.07) is 3.98. The lowest BCUT2D eigenvalue weighted by Gasteiger charge is -2.32. The quantitative estimate of drug-likeness (QED) is 0.632. The molecule has 5 heterocycles. The minimum absolute atomic E-state index is 0.163. The van der Waals surface area contributed by atoms with Crippen LogP contribution in [0.2, 0.25) is 0 Å². The second-order valence-electron chi connectivity index (χ2n) is 9.26. The number of piperidine rings is 1. The van der Waals surface area contributed by atoms with Gasteiger partial charge in [0.2, 0.25) is 0 Å². The number of amides is 1. The van der Waals surface area contributed by atoms with Crippen molar-refractivity contribution >= 4 is 11.6 Å². The molecule has 0 atom stereocenters. The maximum atomic E-state index is 12.3. The van der Waals surface area contributed by atoms with Gasteiger partial charge in [-0.1, -0.05) is 5.16 Å². The number of carbonyl (C=O) groups is 1. The van der Waals surface area contributed by atoms with Gasteiger partial charge in [-0.2, -0.15) is 4.98 Å². The second kappa shape index (κ2) is 7.64. The van der Waals surface area contributed by atoms with Gasteiger partial charge in [0.15, 0.2) is 5.82 Å². The first-order valence-electron chi connectivity index (χ1n) is 10.7. The highest BCUT2D eigenvalue weighted by molar-refractivity contribution is 5.68. The molecule has 0 aromatic carbocycles. The molecular weight excluding hydrogens is 398 g/mol. The molecule has 9 heteroatoms. The lowest BCUT2D eigenvalue weighted by molar-refractivity contribution is 0.00465. The summed E-state index contributed by atoms with van der Waals surface area (Å²) in [6.07, 6.45) is 5.17. The summed E-state index contributed by atoms with van der Waals surface area (Å²) in [5.74, 6) is 2.67. The monoisotopic (exact) mass is 425 g/mol. The molecule has 0 spiro atoms. The fourth-order valence-corrected chi connectivity index (χ4v) is 3.99. The summed E-state index contributed by atoms with van der Waals surface area (Å²) in [5.41, 5.74) is 1.40. The lowest BCUT2D eigenvalue weighted by Crippen LogP contribution is -2.41. The maximum Gasteiger partial charge on any atom is 0.410 e. The van der Waals surface area contributed by atoms with E-state index in [1.807, 2.05) is 45.3 Å². The van der Waals surface area contributed by atoms with Crippen molar-refractivity contribution in [1.82, 2.24) is 24.4 Å². The molecule has 2 saturated heterocycles. The number of carbonyl (C=O) groups excluding carboxylic acids is 1. The Hall–Kier alpha value is -2.94. The van der Waals surface area contributed by atoms with Crippen LogP contribution in [0.4, 0.5) is 4.79 Å². The van der Waals surface area contributed by atoms with E-state index in [0.717, 1.165) is 29.7 Å². The van der Waals surface area contributed by atoms with Crippen molar-refractivity contribution in [3.8, 4) is 11.5 Å². The molecule has 3 aromatic rings. The third-order valence-electron chi connectivity index (χ3n) is 5.76. The van der Waals surface area contributed by atoms with Gasteiger partial charge < -0.3 is 23.3 Å². The van der Waals surface area contributed by atoms with Crippen LogP contribution in [-0.4, -0.2) is 62.4 Å². The molecule has 31 heavy (non-hydrogen) atoms. The van der Waals surface area contributed by atoms with Gasteiger partial charge in [-0.3, -0.25) is 0 Å². The number of pyridine rings is 1. The van der Waals surface area contributed by atoms with Gasteiger partial charge in [0, 0.05) is 25.2 Å². The molecule has 0 unspecified atom stereocenters. The molecule has 0 radical (unpaired) electrons. The first-order valence-corrected chi connectivity index (χ1v) is 10.7. The molecule has 3 aromatic heterocycles. The minimum Gasteiger partial charge on any atom is -0.444 e. The highest BCUT2D eigenvalue weighted by atomic mass is 16.6. The first-order chi connectivity index (χ1) is 14.9. The van der Waals surface area contributed by atoms with E-state index in [9.17, 15) is 4.79 Å². The lowest BCUT2D eigenvalue weighted by atomic mass is 9.96. The average molecular weight is 425 g/mol. The fourth-order valence-electron chi connectivity index (χ4n) is 3.99. The van der Waals surface area contributed by atoms with Crippen LogP contribution in [0, 0.1) is 0 Å². The molecule has 2 aliphatic heterocycles.